The second-order valence-electron chi connectivity index (χ2n) is 9.05. The molecule has 1 fully saturated rings. The Morgan fingerprint density at radius 2 is 1.68 bits per heavy atom. The Kier molecular flexibility index (Phi) is 6.50. The third-order valence-electron chi connectivity index (χ3n) is 6.86. The Morgan fingerprint density at radius 3 is 2.41 bits per heavy atom. The molecule has 1 aliphatic carbocycles. The number of oxazole rings is 1. The predicted molar refractivity (Wildman–Crippen MR) is 135 cm³/mol. The average molecular weight is 454 g/mol. The third kappa shape index (κ3) is 4.51. The number of rotatable bonds is 7. The summed E-state index contributed by atoms with van der Waals surface area (Å²) in [6.45, 7) is 2.58. The lowest BCUT2D eigenvalue weighted by atomic mass is 9.70. The molecular weight excluding hydrogens is 422 g/mol. The van der Waals surface area contributed by atoms with Crippen LogP contribution >= 0.6 is 0 Å². The van der Waals surface area contributed by atoms with Crippen LogP contribution in [0, 0.1) is 5.92 Å². The highest BCUT2D eigenvalue weighted by atomic mass is 16.5. The van der Waals surface area contributed by atoms with E-state index >= 15 is 0 Å². The highest BCUT2D eigenvalue weighted by Gasteiger charge is 2.41. The Balaban J connectivity index is 1.50. The lowest BCUT2D eigenvalue weighted by molar-refractivity contribution is -0.0563. The van der Waals surface area contributed by atoms with E-state index in [0.29, 0.717) is 18.9 Å². The molecule has 4 heteroatoms. The minimum absolute atomic E-state index is 0.0176. The summed E-state index contributed by atoms with van der Waals surface area (Å²) in [5.41, 5.74) is 2.86. The van der Waals surface area contributed by atoms with E-state index < -0.39 is 5.60 Å². The third-order valence-corrected chi connectivity index (χ3v) is 6.86. The summed E-state index contributed by atoms with van der Waals surface area (Å²) in [5, 5.41) is 11.9. The van der Waals surface area contributed by atoms with Crippen LogP contribution in [0.2, 0.25) is 0 Å². The molecule has 0 spiro atoms. The fraction of sp³-hybridized carbons (Fsp3) is 0.300. The maximum Gasteiger partial charge on any atom is 0.195 e. The smallest absolute Gasteiger partial charge is 0.195 e. The van der Waals surface area contributed by atoms with E-state index in [1.54, 1.807) is 0 Å². The van der Waals surface area contributed by atoms with Crippen molar-refractivity contribution in [1.82, 2.24) is 4.98 Å². The minimum atomic E-state index is -0.931. The van der Waals surface area contributed by atoms with Gasteiger partial charge in [-0.25, -0.2) is 4.98 Å². The number of nitrogens with zero attached hydrogens (tertiary/aromatic N) is 1. The predicted octanol–water partition coefficient (Wildman–Crippen LogP) is 7.03. The zero-order chi connectivity index (χ0) is 23.4. The van der Waals surface area contributed by atoms with Crippen molar-refractivity contribution in [3.8, 4) is 28.3 Å². The fourth-order valence-electron chi connectivity index (χ4n) is 5.14. The highest BCUT2D eigenvalue weighted by molar-refractivity contribution is 5.76. The average Bonchev–Trinajstić information content (AvgIpc) is 3.31. The normalized spacial score (nSPS) is 20.2. The molecule has 1 aromatic heterocycles. The van der Waals surface area contributed by atoms with Crippen LogP contribution in [0.1, 0.15) is 44.1 Å². The summed E-state index contributed by atoms with van der Waals surface area (Å²) < 4.78 is 12.1. The summed E-state index contributed by atoms with van der Waals surface area (Å²) in [7, 11) is 0. The molecule has 1 heterocycles. The van der Waals surface area contributed by atoms with E-state index in [-0.39, 0.29) is 5.92 Å². The quantitative estimate of drug-likeness (QED) is 0.326. The van der Waals surface area contributed by atoms with E-state index in [1.165, 1.54) is 0 Å². The number of hydrogen-bond donors (Lipinski definition) is 1. The van der Waals surface area contributed by atoms with Crippen molar-refractivity contribution in [3.63, 3.8) is 0 Å². The maximum absolute atomic E-state index is 11.9. The van der Waals surface area contributed by atoms with Crippen LogP contribution in [0.5, 0.6) is 5.75 Å². The summed E-state index contributed by atoms with van der Waals surface area (Å²) >= 11 is 0. The van der Waals surface area contributed by atoms with E-state index in [0.717, 1.165) is 59.6 Å². The van der Waals surface area contributed by atoms with Crippen molar-refractivity contribution in [2.45, 2.75) is 44.6 Å². The van der Waals surface area contributed by atoms with E-state index in [1.807, 2.05) is 79.7 Å². The van der Waals surface area contributed by atoms with Gasteiger partial charge in [-0.05, 0) is 37.5 Å². The zero-order valence-corrected chi connectivity index (χ0v) is 19.6. The molecule has 5 rings (SSSR count). The molecule has 1 saturated carbocycles. The maximum atomic E-state index is 11.9. The largest absolute Gasteiger partial charge is 0.494 e. The van der Waals surface area contributed by atoms with Crippen LogP contribution < -0.4 is 4.74 Å². The molecule has 0 bridgehead atoms. The van der Waals surface area contributed by atoms with E-state index in [4.69, 9.17) is 14.1 Å². The molecule has 1 aliphatic rings. The molecule has 0 amide bonds. The first-order valence-electron chi connectivity index (χ1n) is 12.2. The van der Waals surface area contributed by atoms with Crippen LogP contribution in [0.3, 0.4) is 0 Å². The van der Waals surface area contributed by atoms with Crippen molar-refractivity contribution in [2.24, 2.45) is 5.92 Å². The molecule has 2 unspecified atom stereocenters. The first kappa shape index (κ1) is 22.4. The van der Waals surface area contributed by atoms with Crippen LogP contribution in [0.25, 0.3) is 22.6 Å². The van der Waals surface area contributed by atoms with Crippen molar-refractivity contribution < 1.29 is 14.3 Å². The molecular formula is C30H31NO3. The van der Waals surface area contributed by atoms with Gasteiger partial charge in [-0.1, -0.05) is 85.6 Å². The van der Waals surface area contributed by atoms with Gasteiger partial charge in [0.25, 0.3) is 0 Å². The lowest BCUT2D eigenvalue weighted by Crippen LogP contribution is -2.39. The van der Waals surface area contributed by atoms with Gasteiger partial charge in [0.15, 0.2) is 11.7 Å². The van der Waals surface area contributed by atoms with E-state index in [2.05, 4.69) is 12.1 Å². The molecule has 2 atom stereocenters. The molecule has 4 nitrogen and oxygen atoms in total. The van der Waals surface area contributed by atoms with E-state index in [9.17, 15) is 5.11 Å². The molecule has 0 radical (unpaired) electrons. The molecule has 1 N–H and O–H groups in total. The Hall–Kier alpha value is -3.37. The second kappa shape index (κ2) is 9.86. The van der Waals surface area contributed by atoms with Crippen molar-refractivity contribution in [1.29, 1.82) is 0 Å². The van der Waals surface area contributed by atoms with Crippen molar-refractivity contribution in [2.75, 3.05) is 6.61 Å². The van der Waals surface area contributed by atoms with Gasteiger partial charge in [-0.15, -0.1) is 0 Å². The van der Waals surface area contributed by atoms with Crippen LogP contribution in [-0.2, 0) is 12.0 Å². The molecule has 4 aromatic rings. The van der Waals surface area contributed by atoms with Gasteiger partial charge in [-0.3, -0.25) is 0 Å². The fourth-order valence-corrected chi connectivity index (χ4v) is 5.14. The van der Waals surface area contributed by atoms with Gasteiger partial charge in [0.2, 0.25) is 0 Å². The number of hydrogen-bond acceptors (Lipinski definition) is 4. The molecule has 0 aliphatic heterocycles. The van der Waals surface area contributed by atoms with Crippen molar-refractivity contribution in [3.05, 3.63) is 96.4 Å². The van der Waals surface area contributed by atoms with Crippen LogP contribution in [0.15, 0.2) is 89.3 Å². The van der Waals surface area contributed by atoms with Gasteiger partial charge in [0.1, 0.15) is 11.4 Å². The van der Waals surface area contributed by atoms with Crippen LogP contribution in [0.4, 0.5) is 0 Å². The Labute approximate surface area is 201 Å². The zero-order valence-electron chi connectivity index (χ0n) is 19.6. The van der Waals surface area contributed by atoms with Gasteiger partial charge in [-0.2, -0.15) is 0 Å². The SMILES string of the molecule is CCOc1cccc(C2(O)CCCCC2Cc2nc(-c3ccccc3)c(-c3ccccc3)o2)c1. The van der Waals surface area contributed by atoms with Gasteiger partial charge in [0, 0.05) is 23.5 Å². The number of benzene rings is 3. The molecule has 0 saturated heterocycles. The monoisotopic (exact) mass is 453 g/mol. The topological polar surface area (TPSA) is 55.5 Å². The van der Waals surface area contributed by atoms with Gasteiger partial charge >= 0.3 is 0 Å². The number of ether oxygens (including phenoxy) is 1. The Morgan fingerprint density at radius 1 is 0.941 bits per heavy atom. The molecule has 34 heavy (non-hydrogen) atoms. The van der Waals surface area contributed by atoms with Crippen molar-refractivity contribution >= 4 is 0 Å². The first-order chi connectivity index (χ1) is 16.7. The first-order valence-corrected chi connectivity index (χ1v) is 12.2. The summed E-state index contributed by atoms with van der Waals surface area (Å²) in [6, 6.07) is 28.2. The Bertz CT molecular complexity index is 1160. The van der Waals surface area contributed by atoms with Gasteiger partial charge < -0.3 is 14.3 Å². The standard InChI is InChI=1S/C30H31NO3/c1-2-33-26-18-11-17-24(20-26)30(32)19-10-9-16-25(30)21-27-31-28(22-12-5-3-6-13-22)29(34-27)23-14-7-4-8-15-23/h3-8,11-15,17-18,20,25,32H,2,9-10,16,19,21H2,1H3. The molecule has 174 valence electrons. The molecule has 3 aromatic carbocycles. The summed E-state index contributed by atoms with van der Waals surface area (Å²) in [6.07, 6.45) is 4.34. The summed E-state index contributed by atoms with van der Waals surface area (Å²) in [4.78, 5) is 4.95. The number of aromatic nitrogens is 1. The van der Waals surface area contributed by atoms with Crippen LogP contribution in [-0.4, -0.2) is 16.7 Å². The second-order valence-corrected chi connectivity index (χ2v) is 9.05. The number of aliphatic hydroxyl groups is 1. The summed E-state index contributed by atoms with van der Waals surface area (Å²) in [5.74, 6) is 2.26. The highest BCUT2D eigenvalue weighted by Crippen LogP contribution is 2.45. The minimum Gasteiger partial charge on any atom is -0.494 e. The van der Waals surface area contributed by atoms with Gasteiger partial charge in [0.05, 0.1) is 12.2 Å². The lowest BCUT2D eigenvalue weighted by Gasteiger charge is -2.40.